The molecule has 0 aromatic heterocycles. The standard InChI is InChI=1S/C10H11F4N/c1-2-3-6-4-5-7(10(12,13)14)8(11)9(6)15/h4-5H,2-3,15H2,1H3. The third kappa shape index (κ3) is 2.40. The van der Waals surface area contributed by atoms with Gasteiger partial charge in [0.05, 0.1) is 11.3 Å². The van der Waals surface area contributed by atoms with Crippen LogP contribution >= 0.6 is 0 Å². The first kappa shape index (κ1) is 11.8. The molecule has 0 atom stereocenters. The lowest BCUT2D eigenvalue weighted by atomic mass is 10.0. The van der Waals surface area contributed by atoms with Gasteiger partial charge in [0, 0.05) is 0 Å². The quantitative estimate of drug-likeness (QED) is 0.601. The molecule has 5 heteroatoms. The Morgan fingerprint density at radius 2 is 1.87 bits per heavy atom. The largest absolute Gasteiger partial charge is 0.419 e. The molecule has 0 aliphatic rings. The lowest BCUT2D eigenvalue weighted by Crippen LogP contribution is -2.11. The Bertz CT molecular complexity index is 357. The minimum absolute atomic E-state index is 0.397. The van der Waals surface area contributed by atoms with E-state index in [2.05, 4.69) is 0 Å². The highest BCUT2D eigenvalue weighted by Crippen LogP contribution is 2.34. The molecule has 0 spiro atoms. The summed E-state index contributed by atoms with van der Waals surface area (Å²) in [4.78, 5) is 0. The Labute approximate surface area is 84.9 Å². The van der Waals surface area contributed by atoms with Crippen molar-refractivity contribution in [2.24, 2.45) is 0 Å². The molecule has 0 fully saturated rings. The summed E-state index contributed by atoms with van der Waals surface area (Å²) >= 11 is 0. The molecule has 0 aliphatic heterocycles. The van der Waals surface area contributed by atoms with E-state index < -0.39 is 23.2 Å². The van der Waals surface area contributed by atoms with Crippen molar-refractivity contribution in [3.05, 3.63) is 29.1 Å². The number of alkyl halides is 3. The van der Waals surface area contributed by atoms with E-state index in [0.717, 1.165) is 6.07 Å². The van der Waals surface area contributed by atoms with Crippen LogP contribution < -0.4 is 5.73 Å². The Balaban J connectivity index is 3.21. The highest BCUT2D eigenvalue weighted by atomic mass is 19.4. The van der Waals surface area contributed by atoms with E-state index in [9.17, 15) is 17.6 Å². The fraction of sp³-hybridized carbons (Fsp3) is 0.400. The number of rotatable bonds is 2. The molecule has 0 heterocycles. The molecule has 1 aromatic rings. The van der Waals surface area contributed by atoms with Gasteiger partial charge < -0.3 is 5.73 Å². The van der Waals surface area contributed by atoms with Gasteiger partial charge in [-0.2, -0.15) is 13.2 Å². The van der Waals surface area contributed by atoms with Gasteiger partial charge in [0.15, 0.2) is 5.82 Å². The number of halogens is 4. The molecular formula is C10H11F4N. The smallest absolute Gasteiger partial charge is 0.396 e. The summed E-state index contributed by atoms with van der Waals surface area (Å²) in [6.07, 6.45) is -3.52. The van der Waals surface area contributed by atoms with Crippen molar-refractivity contribution in [2.45, 2.75) is 25.9 Å². The Morgan fingerprint density at radius 1 is 1.27 bits per heavy atom. The third-order valence-corrected chi connectivity index (χ3v) is 2.09. The van der Waals surface area contributed by atoms with Crippen LogP contribution in [0, 0.1) is 5.82 Å². The van der Waals surface area contributed by atoms with Crippen LogP contribution in [0.2, 0.25) is 0 Å². The molecule has 1 rings (SSSR count). The first-order chi connectivity index (χ1) is 6.88. The first-order valence-corrected chi connectivity index (χ1v) is 4.52. The van der Waals surface area contributed by atoms with Crippen LogP contribution in [0.25, 0.3) is 0 Å². The zero-order valence-electron chi connectivity index (χ0n) is 8.16. The summed E-state index contributed by atoms with van der Waals surface area (Å²) in [6, 6.07) is 1.96. The lowest BCUT2D eigenvalue weighted by Gasteiger charge is -2.12. The zero-order valence-corrected chi connectivity index (χ0v) is 8.16. The van der Waals surface area contributed by atoms with Gasteiger partial charge >= 0.3 is 6.18 Å². The number of hydrogen-bond acceptors (Lipinski definition) is 1. The summed E-state index contributed by atoms with van der Waals surface area (Å²) in [5.41, 5.74) is 4.01. The van der Waals surface area contributed by atoms with Crippen LogP contribution in [-0.4, -0.2) is 0 Å². The Kier molecular flexibility index (Phi) is 3.21. The van der Waals surface area contributed by atoms with Gasteiger partial charge in [0.2, 0.25) is 0 Å². The first-order valence-electron chi connectivity index (χ1n) is 4.52. The van der Waals surface area contributed by atoms with E-state index in [1.54, 1.807) is 0 Å². The monoisotopic (exact) mass is 221 g/mol. The highest BCUT2D eigenvalue weighted by molar-refractivity contribution is 5.51. The van der Waals surface area contributed by atoms with E-state index in [0.29, 0.717) is 18.4 Å². The average Bonchev–Trinajstić information content (AvgIpc) is 2.11. The van der Waals surface area contributed by atoms with Crippen molar-refractivity contribution in [2.75, 3.05) is 5.73 Å². The molecule has 2 N–H and O–H groups in total. The molecule has 1 nitrogen and oxygen atoms in total. The Hall–Kier alpha value is -1.26. The van der Waals surface area contributed by atoms with Crippen LogP contribution in [0.15, 0.2) is 12.1 Å². The molecule has 0 saturated carbocycles. The summed E-state index contributed by atoms with van der Waals surface area (Å²) in [7, 11) is 0. The van der Waals surface area contributed by atoms with Gasteiger partial charge in [-0.15, -0.1) is 0 Å². The zero-order chi connectivity index (χ0) is 11.6. The van der Waals surface area contributed by atoms with Crippen molar-refractivity contribution in [1.82, 2.24) is 0 Å². The number of nitrogen functional groups attached to an aromatic ring is 1. The van der Waals surface area contributed by atoms with Crippen molar-refractivity contribution in [3.8, 4) is 0 Å². The van der Waals surface area contributed by atoms with Gasteiger partial charge in [-0.1, -0.05) is 19.4 Å². The highest BCUT2D eigenvalue weighted by Gasteiger charge is 2.35. The van der Waals surface area contributed by atoms with Gasteiger partial charge in [0.1, 0.15) is 0 Å². The van der Waals surface area contributed by atoms with E-state index in [1.807, 2.05) is 6.92 Å². The van der Waals surface area contributed by atoms with Gasteiger partial charge in [0.25, 0.3) is 0 Å². The summed E-state index contributed by atoms with van der Waals surface area (Å²) < 4.78 is 50.0. The summed E-state index contributed by atoms with van der Waals surface area (Å²) in [5, 5.41) is 0. The fourth-order valence-corrected chi connectivity index (χ4v) is 1.34. The van der Waals surface area contributed by atoms with E-state index in [1.165, 1.54) is 6.07 Å². The lowest BCUT2D eigenvalue weighted by molar-refractivity contribution is -0.139. The van der Waals surface area contributed by atoms with Crippen LogP contribution in [0.3, 0.4) is 0 Å². The average molecular weight is 221 g/mol. The second kappa shape index (κ2) is 4.08. The van der Waals surface area contributed by atoms with Crippen molar-refractivity contribution in [1.29, 1.82) is 0 Å². The number of hydrogen-bond donors (Lipinski definition) is 1. The second-order valence-corrected chi connectivity index (χ2v) is 3.25. The predicted octanol–water partition coefficient (Wildman–Crippen LogP) is 3.38. The topological polar surface area (TPSA) is 26.0 Å². The van der Waals surface area contributed by atoms with Crippen LogP contribution in [-0.2, 0) is 12.6 Å². The normalized spacial score (nSPS) is 11.8. The minimum Gasteiger partial charge on any atom is -0.396 e. The maximum absolute atomic E-state index is 13.2. The van der Waals surface area contributed by atoms with Crippen LogP contribution in [0.5, 0.6) is 0 Å². The number of nitrogens with two attached hydrogens (primary N) is 1. The fourth-order valence-electron chi connectivity index (χ4n) is 1.34. The van der Waals surface area contributed by atoms with Crippen LogP contribution in [0.1, 0.15) is 24.5 Å². The van der Waals surface area contributed by atoms with Crippen molar-refractivity contribution >= 4 is 5.69 Å². The molecule has 0 bridgehead atoms. The molecule has 1 aromatic carbocycles. The molecule has 0 unspecified atom stereocenters. The Morgan fingerprint density at radius 3 is 2.33 bits per heavy atom. The van der Waals surface area contributed by atoms with E-state index in [4.69, 9.17) is 5.73 Å². The SMILES string of the molecule is CCCc1ccc(C(F)(F)F)c(F)c1N. The predicted molar refractivity (Wildman–Crippen MR) is 49.8 cm³/mol. The summed E-state index contributed by atoms with van der Waals surface area (Å²) in [5.74, 6) is -1.37. The van der Waals surface area contributed by atoms with Gasteiger partial charge in [-0.3, -0.25) is 0 Å². The van der Waals surface area contributed by atoms with Gasteiger partial charge in [-0.05, 0) is 18.1 Å². The van der Waals surface area contributed by atoms with E-state index >= 15 is 0 Å². The van der Waals surface area contributed by atoms with Crippen molar-refractivity contribution < 1.29 is 17.6 Å². The number of benzene rings is 1. The molecule has 15 heavy (non-hydrogen) atoms. The number of aryl methyl sites for hydroxylation is 1. The van der Waals surface area contributed by atoms with E-state index in [-0.39, 0.29) is 0 Å². The number of anilines is 1. The van der Waals surface area contributed by atoms with Gasteiger partial charge in [-0.25, -0.2) is 4.39 Å². The van der Waals surface area contributed by atoms with Crippen molar-refractivity contribution in [3.63, 3.8) is 0 Å². The molecule has 0 saturated heterocycles. The molecule has 0 aliphatic carbocycles. The molecular weight excluding hydrogens is 210 g/mol. The second-order valence-electron chi connectivity index (χ2n) is 3.25. The van der Waals surface area contributed by atoms with Crippen LogP contribution in [0.4, 0.5) is 23.2 Å². The maximum atomic E-state index is 13.2. The third-order valence-electron chi connectivity index (χ3n) is 2.09. The molecule has 0 amide bonds. The minimum atomic E-state index is -4.69. The molecule has 0 radical (unpaired) electrons. The summed E-state index contributed by atoms with van der Waals surface area (Å²) in [6.45, 7) is 1.84. The maximum Gasteiger partial charge on any atom is 0.419 e. The molecule has 84 valence electrons.